The van der Waals surface area contributed by atoms with E-state index in [0.717, 1.165) is 18.1 Å². The van der Waals surface area contributed by atoms with Crippen LogP contribution in [0.3, 0.4) is 0 Å². The lowest BCUT2D eigenvalue weighted by atomic mass is 10.0. The molecule has 2 rings (SSSR count). The Morgan fingerprint density at radius 1 is 1.50 bits per heavy atom. The second-order valence-corrected chi connectivity index (χ2v) is 7.62. The summed E-state index contributed by atoms with van der Waals surface area (Å²) in [5, 5.41) is 0.789. The first kappa shape index (κ1) is 14.2. The van der Waals surface area contributed by atoms with Gasteiger partial charge in [-0.3, -0.25) is 4.90 Å². The highest BCUT2D eigenvalue weighted by Gasteiger charge is 2.31. The molecule has 1 aliphatic heterocycles. The van der Waals surface area contributed by atoms with Gasteiger partial charge in [0.25, 0.3) is 0 Å². The van der Waals surface area contributed by atoms with E-state index in [9.17, 15) is 0 Å². The minimum absolute atomic E-state index is 0.281. The van der Waals surface area contributed by atoms with E-state index >= 15 is 0 Å². The smallest absolute Gasteiger partial charge is 0.0471 e. The molecule has 0 aliphatic carbocycles. The average molecular weight is 285 g/mol. The molecule has 0 saturated carbocycles. The second-order valence-electron chi connectivity index (χ2n) is 5.39. The molecule has 1 heterocycles. The summed E-state index contributed by atoms with van der Waals surface area (Å²) in [6.07, 6.45) is 0. The molecule has 0 spiro atoms. The van der Waals surface area contributed by atoms with E-state index in [-0.39, 0.29) is 6.04 Å². The van der Waals surface area contributed by atoms with Crippen molar-refractivity contribution < 1.29 is 0 Å². The molecule has 1 fully saturated rings. The number of thioether (sulfide) groups is 1. The predicted octanol–water partition coefficient (Wildman–Crippen LogP) is 3.17. The fourth-order valence-corrected chi connectivity index (χ4v) is 3.86. The minimum atomic E-state index is 0.281. The lowest BCUT2D eigenvalue weighted by Crippen LogP contribution is -2.46. The first-order valence-corrected chi connectivity index (χ1v) is 7.72. The number of hydrogen-bond donors (Lipinski definition) is 1. The SMILES string of the molecule is CC1(C)CN(C(CN)c2cccc(Cl)c2)CCS1. The number of nitrogens with two attached hydrogens (primary N) is 1. The Hall–Kier alpha value is -0.220. The molecule has 18 heavy (non-hydrogen) atoms. The third kappa shape index (κ3) is 3.41. The first-order valence-electron chi connectivity index (χ1n) is 6.35. The number of hydrogen-bond acceptors (Lipinski definition) is 3. The number of rotatable bonds is 3. The molecule has 2 nitrogen and oxygen atoms in total. The Bertz CT molecular complexity index is 409. The largest absolute Gasteiger partial charge is 0.329 e. The molecule has 0 bridgehead atoms. The van der Waals surface area contributed by atoms with Gasteiger partial charge in [-0.2, -0.15) is 11.8 Å². The molecule has 100 valence electrons. The summed E-state index contributed by atoms with van der Waals surface area (Å²) in [5.74, 6) is 1.17. The molecule has 1 aliphatic rings. The van der Waals surface area contributed by atoms with Gasteiger partial charge in [0.2, 0.25) is 0 Å². The Morgan fingerprint density at radius 2 is 2.28 bits per heavy atom. The van der Waals surface area contributed by atoms with Crippen LogP contribution >= 0.6 is 23.4 Å². The summed E-state index contributed by atoms with van der Waals surface area (Å²) >= 11 is 8.12. The normalized spacial score (nSPS) is 21.8. The van der Waals surface area contributed by atoms with Crippen LogP contribution in [0.4, 0.5) is 0 Å². The van der Waals surface area contributed by atoms with Crippen molar-refractivity contribution >= 4 is 23.4 Å². The zero-order valence-corrected chi connectivity index (χ0v) is 12.6. The zero-order valence-electron chi connectivity index (χ0n) is 11.0. The Labute approximate surface area is 119 Å². The van der Waals surface area contributed by atoms with Crippen LogP contribution < -0.4 is 5.73 Å². The monoisotopic (exact) mass is 284 g/mol. The second kappa shape index (κ2) is 5.83. The summed E-state index contributed by atoms with van der Waals surface area (Å²) < 4.78 is 0.310. The highest BCUT2D eigenvalue weighted by atomic mass is 35.5. The molecule has 1 saturated heterocycles. The molecule has 0 radical (unpaired) electrons. The van der Waals surface area contributed by atoms with E-state index in [1.54, 1.807) is 0 Å². The number of halogens is 1. The van der Waals surface area contributed by atoms with Crippen LogP contribution in [-0.4, -0.2) is 35.0 Å². The van der Waals surface area contributed by atoms with Gasteiger partial charge < -0.3 is 5.73 Å². The van der Waals surface area contributed by atoms with Crippen molar-refractivity contribution in [2.24, 2.45) is 5.73 Å². The van der Waals surface area contributed by atoms with Gasteiger partial charge >= 0.3 is 0 Å². The van der Waals surface area contributed by atoms with Crippen molar-refractivity contribution in [3.05, 3.63) is 34.9 Å². The number of nitrogens with zero attached hydrogens (tertiary/aromatic N) is 1. The maximum atomic E-state index is 6.08. The molecular formula is C14H21ClN2S. The van der Waals surface area contributed by atoms with Gasteiger partial charge in [-0.15, -0.1) is 0 Å². The third-order valence-corrected chi connectivity index (χ3v) is 4.89. The summed E-state index contributed by atoms with van der Waals surface area (Å²) in [4.78, 5) is 2.49. The lowest BCUT2D eigenvalue weighted by molar-refractivity contribution is 0.192. The van der Waals surface area contributed by atoms with Crippen LogP contribution in [0.25, 0.3) is 0 Å². The fraction of sp³-hybridized carbons (Fsp3) is 0.571. The topological polar surface area (TPSA) is 29.3 Å². The summed E-state index contributed by atoms with van der Waals surface area (Å²) in [7, 11) is 0. The Morgan fingerprint density at radius 3 is 2.89 bits per heavy atom. The van der Waals surface area contributed by atoms with Crippen molar-refractivity contribution in [1.29, 1.82) is 0 Å². The molecule has 4 heteroatoms. The highest BCUT2D eigenvalue weighted by Crippen LogP contribution is 2.34. The Kier molecular flexibility index (Phi) is 4.59. The van der Waals surface area contributed by atoms with Crippen LogP contribution in [0.2, 0.25) is 5.02 Å². The van der Waals surface area contributed by atoms with Gasteiger partial charge in [-0.05, 0) is 31.5 Å². The van der Waals surface area contributed by atoms with E-state index in [0.29, 0.717) is 11.3 Å². The summed E-state index contributed by atoms with van der Waals surface area (Å²) in [5.41, 5.74) is 7.21. The Balaban J connectivity index is 2.18. The van der Waals surface area contributed by atoms with Gasteiger partial charge in [0.15, 0.2) is 0 Å². The van der Waals surface area contributed by atoms with E-state index in [1.807, 2.05) is 30.0 Å². The summed E-state index contributed by atoms with van der Waals surface area (Å²) in [6.45, 7) is 7.42. The standard InChI is InChI=1S/C14H21ClN2S/c1-14(2)10-17(6-7-18-14)13(9-16)11-4-3-5-12(15)8-11/h3-5,8,13H,6-7,9-10,16H2,1-2H3. The van der Waals surface area contributed by atoms with Gasteiger partial charge in [0.1, 0.15) is 0 Å². The zero-order chi connectivity index (χ0) is 13.2. The molecule has 1 atom stereocenters. The molecule has 0 aromatic heterocycles. The molecule has 2 N–H and O–H groups in total. The van der Waals surface area contributed by atoms with Gasteiger partial charge in [-0.25, -0.2) is 0 Å². The van der Waals surface area contributed by atoms with Gasteiger partial charge in [0, 0.05) is 41.2 Å². The summed E-state index contributed by atoms with van der Waals surface area (Å²) in [6, 6.07) is 8.36. The predicted molar refractivity (Wildman–Crippen MR) is 81.4 cm³/mol. The number of benzene rings is 1. The van der Waals surface area contributed by atoms with E-state index in [4.69, 9.17) is 17.3 Å². The van der Waals surface area contributed by atoms with E-state index in [1.165, 1.54) is 11.3 Å². The van der Waals surface area contributed by atoms with Crippen molar-refractivity contribution in [1.82, 2.24) is 4.90 Å². The van der Waals surface area contributed by atoms with E-state index < -0.39 is 0 Å². The molecule has 1 aromatic carbocycles. The maximum Gasteiger partial charge on any atom is 0.0471 e. The quantitative estimate of drug-likeness (QED) is 0.924. The molecule has 1 aromatic rings. The van der Waals surface area contributed by atoms with Crippen LogP contribution in [-0.2, 0) is 0 Å². The maximum absolute atomic E-state index is 6.08. The average Bonchev–Trinajstić information content (AvgIpc) is 2.29. The van der Waals surface area contributed by atoms with Gasteiger partial charge in [0.05, 0.1) is 0 Å². The molecule has 0 amide bonds. The van der Waals surface area contributed by atoms with E-state index in [2.05, 4.69) is 24.8 Å². The van der Waals surface area contributed by atoms with Crippen molar-refractivity contribution in [2.75, 3.05) is 25.4 Å². The molecule has 1 unspecified atom stereocenters. The van der Waals surface area contributed by atoms with Crippen LogP contribution in [0.15, 0.2) is 24.3 Å². The first-order chi connectivity index (χ1) is 8.52. The fourth-order valence-electron chi connectivity index (χ4n) is 2.53. The van der Waals surface area contributed by atoms with Crippen molar-refractivity contribution in [2.45, 2.75) is 24.6 Å². The van der Waals surface area contributed by atoms with Crippen LogP contribution in [0.5, 0.6) is 0 Å². The van der Waals surface area contributed by atoms with Crippen molar-refractivity contribution in [3.63, 3.8) is 0 Å². The van der Waals surface area contributed by atoms with Gasteiger partial charge in [-0.1, -0.05) is 23.7 Å². The third-order valence-electron chi connectivity index (χ3n) is 3.35. The molecular weight excluding hydrogens is 264 g/mol. The minimum Gasteiger partial charge on any atom is -0.329 e. The highest BCUT2D eigenvalue weighted by molar-refractivity contribution is 8.00. The van der Waals surface area contributed by atoms with Crippen LogP contribution in [0, 0.1) is 0 Å². The van der Waals surface area contributed by atoms with Crippen molar-refractivity contribution in [3.8, 4) is 0 Å². The van der Waals surface area contributed by atoms with Crippen LogP contribution in [0.1, 0.15) is 25.5 Å². The lowest BCUT2D eigenvalue weighted by Gasteiger charge is -2.41.